The van der Waals surface area contributed by atoms with Crippen LogP contribution < -0.4 is 4.74 Å². The van der Waals surface area contributed by atoms with Crippen molar-refractivity contribution in [3.05, 3.63) is 53.2 Å². The van der Waals surface area contributed by atoms with Gasteiger partial charge in [-0.3, -0.25) is 4.79 Å². The highest BCUT2D eigenvalue weighted by atomic mass is 19.1. The third kappa shape index (κ3) is 4.75. The van der Waals surface area contributed by atoms with Crippen LogP contribution in [0.3, 0.4) is 0 Å². The van der Waals surface area contributed by atoms with Gasteiger partial charge in [0, 0.05) is 18.3 Å². The molecule has 0 radical (unpaired) electrons. The summed E-state index contributed by atoms with van der Waals surface area (Å²) < 4.78 is 18.9. The number of hydrogen-bond donors (Lipinski definition) is 0. The van der Waals surface area contributed by atoms with Gasteiger partial charge in [-0.15, -0.1) is 0 Å². The van der Waals surface area contributed by atoms with Gasteiger partial charge in [0.25, 0.3) is 0 Å². The molecule has 25 heavy (non-hydrogen) atoms. The van der Waals surface area contributed by atoms with Crippen LogP contribution in [0.2, 0.25) is 0 Å². The second-order valence-corrected chi connectivity index (χ2v) is 6.42. The van der Waals surface area contributed by atoms with Crippen LogP contribution in [0.15, 0.2) is 30.3 Å². The molecule has 2 aromatic rings. The normalized spacial score (nSPS) is 17.4. The summed E-state index contributed by atoms with van der Waals surface area (Å²) in [6.45, 7) is 5.00. The Bertz CT molecular complexity index is 729. The number of amides is 1. The maximum absolute atomic E-state index is 13.0. The third-order valence-electron chi connectivity index (χ3n) is 4.23. The van der Waals surface area contributed by atoms with Gasteiger partial charge in [0.15, 0.2) is 0 Å². The number of aromatic nitrogens is 2. The van der Waals surface area contributed by atoms with E-state index in [1.54, 1.807) is 12.1 Å². The van der Waals surface area contributed by atoms with Crippen LogP contribution in [0.4, 0.5) is 4.39 Å². The zero-order valence-electron chi connectivity index (χ0n) is 14.5. The fourth-order valence-corrected chi connectivity index (χ4v) is 3.06. The van der Waals surface area contributed by atoms with Gasteiger partial charge in [0.05, 0.1) is 13.0 Å². The third-order valence-corrected chi connectivity index (χ3v) is 4.23. The fraction of sp³-hybridized carbons (Fsp3) is 0.421. The lowest BCUT2D eigenvalue weighted by molar-refractivity contribution is -0.133. The summed E-state index contributed by atoms with van der Waals surface area (Å²) in [5, 5.41) is 0. The summed E-state index contributed by atoms with van der Waals surface area (Å²) in [7, 11) is 0. The number of hydrogen-bond acceptors (Lipinski definition) is 4. The first-order valence-corrected chi connectivity index (χ1v) is 8.51. The molecule has 6 heteroatoms. The lowest BCUT2D eigenvalue weighted by Gasteiger charge is -2.32. The van der Waals surface area contributed by atoms with Gasteiger partial charge in [-0.25, -0.2) is 9.37 Å². The van der Waals surface area contributed by atoms with E-state index in [4.69, 9.17) is 4.74 Å². The minimum absolute atomic E-state index is 0.0370. The highest BCUT2D eigenvalue weighted by Crippen LogP contribution is 2.18. The second kappa shape index (κ2) is 7.59. The van der Waals surface area contributed by atoms with E-state index in [1.807, 2.05) is 24.8 Å². The molecular weight excluding hydrogens is 321 g/mol. The van der Waals surface area contributed by atoms with Gasteiger partial charge in [0.1, 0.15) is 17.7 Å². The van der Waals surface area contributed by atoms with Crippen molar-refractivity contribution in [1.82, 2.24) is 14.9 Å². The van der Waals surface area contributed by atoms with Crippen LogP contribution in [0.1, 0.15) is 29.9 Å². The molecule has 2 heterocycles. The number of benzene rings is 1. The van der Waals surface area contributed by atoms with Crippen molar-refractivity contribution < 1.29 is 13.9 Å². The maximum Gasteiger partial charge on any atom is 0.227 e. The number of aryl methyl sites for hydroxylation is 2. The first kappa shape index (κ1) is 17.3. The standard InChI is InChI=1S/C19H22FN3O2/c1-13-10-18(22-14(2)21-13)25-17-4-3-9-23(12-17)19(24)11-15-5-7-16(20)8-6-15/h5-8,10,17H,3-4,9,11-12H2,1-2H3. The molecule has 132 valence electrons. The highest BCUT2D eigenvalue weighted by Gasteiger charge is 2.25. The summed E-state index contributed by atoms with van der Waals surface area (Å²) >= 11 is 0. The molecule has 3 rings (SSSR count). The molecule has 1 amide bonds. The van der Waals surface area contributed by atoms with E-state index in [9.17, 15) is 9.18 Å². The van der Waals surface area contributed by atoms with Gasteiger partial charge >= 0.3 is 0 Å². The molecule has 0 aliphatic carbocycles. The van der Waals surface area contributed by atoms with Crippen LogP contribution in [0.5, 0.6) is 5.88 Å². The summed E-state index contributed by atoms with van der Waals surface area (Å²) in [5.74, 6) is 0.978. The molecule has 0 saturated carbocycles. The number of halogens is 1. The molecule has 0 N–H and O–H groups in total. The zero-order valence-corrected chi connectivity index (χ0v) is 14.5. The molecule has 1 unspecified atom stereocenters. The topological polar surface area (TPSA) is 55.3 Å². The van der Waals surface area contributed by atoms with Crippen LogP contribution in [-0.4, -0.2) is 40.0 Å². The lowest BCUT2D eigenvalue weighted by atomic mass is 10.1. The lowest BCUT2D eigenvalue weighted by Crippen LogP contribution is -2.45. The van der Waals surface area contributed by atoms with E-state index in [0.29, 0.717) is 18.2 Å². The van der Waals surface area contributed by atoms with Gasteiger partial charge in [0.2, 0.25) is 11.8 Å². The Hall–Kier alpha value is -2.50. The van der Waals surface area contributed by atoms with E-state index < -0.39 is 0 Å². The summed E-state index contributed by atoms with van der Waals surface area (Å²) in [6.07, 6.45) is 1.99. The molecule has 1 fully saturated rings. The summed E-state index contributed by atoms with van der Waals surface area (Å²) in [5.41, 5.74) is 1.68. The van der Waals surface area contributed by atoms with Gasteiger partial charge < -0.3 is 9.64 Å². The Kier molecular flexibility index (Phi) is 5.26. The van der Waals surface area contributed by atoms with Crippen molar-refractivity contribution in [3.8, 4) is 5.88 Å². The number of ether oxygens (including phenoxy) is 1. The second-order valence-electron chi connectivity index (χ2n) is 6.42. The molecule has 0 bridgehead atoms. The minimum Gasteiger partial charge on any atom is -0.472 e. The van der Waals surface area contributed by atoms with Crippen LogP contribution in [0.25, 0.3) is 0 Å². The molecule has 1 saturated heterocycles. The number of carbonyl (C=O) groups is 1. The van der Waals surface area contributed by atoms with E-state index in [-0.39, 0.29) is 24.2 Å². The molecule has 1 aliphatic rings. The van der Waals surface area contributed by atoms with Gasteiger partial charge in [-0.2, -0.15) is 4.98 Å². The van der Waals surface area contributed by atoms with E-state index in [0.717, 1.165) is 30.6 Å². The Labute approximate surface area is 146 Å². The monoisotopic (exact) mass is 343 g/mol. The van der Waals surface area contributed by atoms with Crippen molar-refractivity contribution >= 4 is 5.91 Å². The zero-order chi connectivity index (χ0) is 17.8. The number of rotatable bonds is 4. The number of likely N-dealkylation sites (tertiary alicyclic amines) is 1. The Morgan fingerprint density at radius 1 is 1.28 bits per heavy atom. The molecule has 0 spiro atoms. The van der Waals surface area contributed by atoms with Crippen LogP contribution >= 0.6 is 0 Å². The average molecular weight is 343 g/mol. The number of carbonyl (C=O) groups excluding carboxylic acids is 1. The Morgan fingerprint density at radius 2 is 2.04 bits per heavy atom. The van der Waals surface area contributed by atoms with Crippen molar-refractivity contribution in [1.29, 1.82) is 0 Å². The summed E-state index contributed by atoms with van der Waals surface area (Å²) in [4.78, 5) is 22.9. The molecule has 1 aromatic heterocycles. The molecule has 5 nitrogen and oxygen atoms in total. The van der Waals surface area contributed by atoms with Crippen molar-refractivity contribution in [2.45, 2.75) is 39.2 Å². The number of piperidine rings is 1. The van der Waals surface area contributed by atoms with Crippen molar-refractivity contribution in [2.24, 2.45) is 0 Å². The van der Waals surface area contributed by atoms with Crippen molar-refractivity contribution in [3.63, 3.8) is 0 Å². The smallest absolute Gasteiger partial charge is 0.227 e. The summed E-state index contributed by atoms with van der Waals surface area (Å²) in [6, 6.07) is 7.87. The maximum atomic E-state index is 13.0. The fourth-order valence-electron chi connectivity index (χ4n) is 3.06. The average Bonchev–Trinajstić information content (AvgIpc) is 2.56. The first-order valence-electron chi connectivity index (χ1n) is 8.51. The molecule has 1 aromatic carbocycles. The van der Waals surface area contributed by atoms with E-state index >= 15 is 0 Å². The highest BCUT2D eigenvalue weighted by molar-refractivity contribution is 5.78. The molecule has 1 atom stereocenters. The largest absolute Gasteiger partial charge is 0.472 e. The molecule has 1 aliphatic heterocycles. The SMILES string of the molecule is Cc1cc(OC2CCCN(C(=O)Cc3ccc(F)cc3)C2)nc(C)n1. The minimum atomic E-state index is -0.293. The molecular formula is C19H22FN3O2. The van der Waals surface area contributed by atoms with Crippen LogP contribution in [0, 0.1) is 19.7 Å². The Morgan fingerprint density at radius 3 is 2.76 bits per heavy atom. The van der Waals surface area contributed by atoms with Gasteiger partial charge in [-0.05, 0) is 44.4 Å². The van der Waals surface area contributed by atoms with E-state index in [1.165, 1.54) is 12.1 Å². The van der Waals surface area contributed by atoms with Crippen LogP contribution in [-0.2, 0) is 11.2 Å². The van der Waals surface area contributed by atoms with Gasteiger partial charge in [-0.1, -0.05) is 12.1 Å². The predicted molar refractivity (Wildman–Crippen MR) is 91.8 cm³/mol. The predicted octanol–water partition coefficient (Wildman–Crippen LogP) is 2.85. The number of nitrogens with zero attached hydrogens (tertiary/aromatic N) is 3. The van der Waals surface area contributed by atoms with E-state index in [2.05, 4.69) is 9.97 Å². The van der Waals surface area contributed by atoms with Crippen molar-refractivity contribution in [2.75, 3.05) is 13.1 Å². The Balaban J connectivity index is 1.60. The first-order chi connectivity index (χ1) is 12.0. The quantitative estimate of drug-likeness (QED) is 0.857.